The summed E-state index contributed by atoms with van der Waals surface area (Å²) in [5.41, 5.74) is 9.20. The lowest BCUT2D eigenvalue weighted by atomic mass is 10.0. The van der Waals surface area contributed by atoms with Crippen LogP contribution in [-0.2, 0) is 0 Å². The fraction of sp³-hybridized carbons (Fsp3) is 0.176. The molecule has 0 amide bonds. The minimum Gasteiger partial charge on any atom is -0.324 e. The van der Waals surface area contributed by atoms with Crippen LogP contribution in [0.25, 0.3) is 16.9 Å². The molecule has 22 heavy (non-hydrogen) atoms. The molecule has 5 heteroatoms. The van der Waals surface area contributed by atoms with Crippen LogP contribution in [0.3, 0.4) is 0 Å². The van der Waals surface area contributed by atoms with Gasteiger partial charge >= 0.3 is 0 Å². The first-order chi connectivity index (χ1) is 10.6. The average molecular weight is 314 g/mol. The Hall–Kier alpha value is -2.17. The van der Waals surface area contributed by atoms with Gasteiger partial charge in [-0.3, -0.25) is 4.79 Å². The molecule has 1 aliphatic carbocycles. The van der Waals surface area contributed by atoms with Crippen molar-refractivity contribution in [2.24, 2.45) is 5.73 Å². The quantitative estimate of drug-likeness (QED) is 0.806. The van der Waals surface area contributed by atoms with Gasteiger partial charge in [0.15, 0.2) is 5.43 Å². The number of nitrogens with two attached hydrogens (primary N) is 1. The molecule has 0 bridgehead atoms. The van der Waals surface area contributed by atoms with Crippen LogP contribution in [-0.4, -0.2) is 9.55 Å². The average Bonchev–Trinajstić information content (AvgIpc) is 2.54. The smallest absolute Gasteiger partial charge is 0.189 e. The predicted octanol–water partition coefficient (Wildman–Crippen LogP) is 3.40. The van der Waals surface area contributed by atoms with E-state index in [9.17, 15) is 4.79 Å². The van der Waals surface area contributed by atoms with Gasteiger partial charge < -0.3 is 10.3 Å². The molecule has 0 radical (unpaired) electrons. The molecule has 0 saturated heterocycles. The first kappa shape index (κ1) is 14.8. The molecule has 112 valence electrons. The normalized spacial score (nSPS) is 12.5. The van der Waals surface area contributed by atoms with Crippen molar-refractivity contribution >= 4 is 11.6 Å². The highest BCUT2D eigenvalue weighted by atomic mass is 35.5. The Morgan fingerprint density at radius 1 is 1.32 bits per heavy atom. The van der Waals surface area contributed by atoms with Crippen LogP contribution in [0.4, 0.5) is 0 Å². The van der Waals surface area contributed by atoms with Crippen LogP contribution in [0.15, 0.2) is 53.7 Å². The molecule has 0 aromatic heterocycles. The topological polar surface area (TPSA) is 60.9 Å². The highest BCUT2D eigenvalue weighted by Crippen LogP contribution is 2.27. The van der Waals surface area contributed by atoms with Crippen LogP contribution >= 0.6 is 11.6 Å². The summed E-state index contributed by atoms with van der Waals surface area (Å²) in [4.78, 5) is 16.4. The SMILES string of the molecule is CCC(N)c1ccc(Cl)cc1-n1cnc2cccc(=O)c-2c1. The Labute approximate surface area is 133 Å². The van der Waals surface area contributed by atoms with Crippen molar-refractivity contribution in [3.8, 4) is 16.9 Å². The van der Waals surface area contributed by atoms with Crippen molar-refractivity contribution in [2.75, 3.05) is 0 Å². The molecule has 0 fully saturated rings. The molecule has 1 aliphatic heterocycles. The second-order valence-corrected chi connectivity index (χ2v) is 5.62. The van der Waals surface area contributed by atoms with Crippen molar-refractivity contribution < 1.29 is 0 Å². The van der Waals surface area contributed by atoms with Gasteiger partial charge in [-0.2, -0.15) is 0 Å². The van der Waals surface area contributed by atoms with Gasteiger partial charge in [0.25, 0.3) is 0 Å². The number of aromatic nitrogens is 2. The van der Waals surface area contributed by atoms with Crippen LogP contribution in [0.1, 0.15) is 24.9 Å². The van der Waals surface area contributed by atoms with Crippen molar-refractivity contribution in [3.05, 3.63) is 69.7 Å². The van der Waals surface area contributed by atoms with Gasteiger partial charge in [-0.05, 0) is 36.2 Å². The van der Waals surface area contributed by atoms with Crippen LogP contribution in [0, 0.1) is 0 Å². The molecule has 2 N–H and O–H groups in total. The monoisotopic (exact) mass is 313 g/mol. The van der Waals surface area contributed by atoms with Crippen molar-refractivity contribution in [1.82, 2.24) is 9.55 Å². The molecule has 1 aromatic carbocycles. The first-order valence-electron chi connectivity index (χ1n) is 7.12. The summed E-state index contributed by atoms with van der Waals surface area (Å²) in [5, 5.41) is 0.616. The minimum absolute atomic E-state index is 0.0530. The van der Waals surface area contributed by atoms with Crippen molar-refractivity contribution in [3.63, 3.8) is 0 Å². The number of rotatable bonds is 3. The fourth-order valence-corrected chi connectivity index (χ4v) is 2.64. The van der Waals surface area contributed by atoms with Gasteiger partial charge in [-0.15, -0.1) is 0 Å². The largest absolute Gasteiger partial charge is 0.324 e. The van der Waals surface area contributed by atoms with E-state index in [0.29, 0.717) is 16.3 Å². The lowest BCUT2D eigenvalue weighted by Gasteiger charge is -2.18. The maximum atomic E-state index is 12.0. The lowest BCUT2D eigenvalue weighted by molar-refractivity contribution is 0.691. The molecule has 0 saturated carbocycles. The van der Waals surface area contributed by atoms with Crippen LogP contribution in [0.5, 0.6) is 0 Å². The summed E-state index contributed by atoms with van der Waals surface area (Å²) in [6.45, 7) is 2.03. The molecular formula is C17H16ClN3O. The van der Waals surface area contributed by atoms with Gasteiger partial charge in [0, 0.05) is 17.3 Å². The minimum atomic E-state index is -0.0991. The molecule has 1 atom stereocenters. The van der Waals surface area contributed by atoms with E-state index in [1.54, 1.807) is 23.2 Å². The molecule has 1 aromatic rings. The summed E-state index contributed by atoms with van der Waals surface area (Å²) in [7, 11) is 0. The van der Waals surface area contributed by atoms with Gasteiger partial charge in [-0.1, -0.05) is 30.7 Å². The van der Waals surface area contributed by atoms with E-state index in [1.807, 2.05) is 31.2 Å². The third kappa shape index (κ3) is 2.63. The summed E-state index contributed by atoms with van der Waals surface area (Å²) < 4.78 is 1.81. The molecule has 2 aliphatic rings. The molecule has 1 heterocycles. The van der Waals surface area contributed by atoms with Crippen molar-refractivity contribution in [2.45, 2.75) is 19.4 Å². The third-order valence-electron chi connectivity index (χ3n) is 3.74. The Kier molecular flexibility index (Phi) is 3.96. The number of hydrogen-bond acceptors (Lipinski definition) is 3. The molecule has 0 spiro atoms. The maximum absolute atomic E-state index is 12.0. The molecular weight excluding hydrogens is 298 g/mol. The summed E-state index contributed by atoms with van der Waals surface area (Å²) in [6, 6.07) is 10.5. The van der Waals surface area contributed by atoms with E-state index in [1.165, 1.54) is 6.07 Å². The number of halogens is 1. The van der Waals surface area contributed by atoms with E-state index in [2.05, 4.69) is 4.98 Å². The van der Waals surface area contributed by atoms with Gasteiger partial charge in [0.2, 0.25) is 0 Å². The van der Waals surface area contributed by atoms with E-state index in [0.717, 1.165) is 17.7 Å². The number of fused-ring (bicyclic) bond motifs is 1. The molecule has 4 nitrogen and oxygen atoms in total. The maximum Gasteiger partial charge on any atom is 0.189 e. The number of benzene rings is 2. The summed E-state index contributed by atoms with van der Waals surface area (Å²) >= 11 is 6.13. The Morgan fingerprint density at radius 3 is 2.91 bits per heavy atom. The highest BCUT2D eigenvalue weighted by Gasteiger charge is 2.13. The highest BCUT2D eigenvalue weighted by molar-refractivity contribution is 6.30. The standard InChI is InChI=1S/C17H16ClN3O/c1-2-14(19)12-7-6-11(18)8-16(12)21-9-13-15(20-10-21)4-3-5-17(13)22/h3-10,14H,2,19H2,1H3. The fourth-order valence-electron chi connectivity index (χ4n) is 2.48. The zero-order valence-electron chi connectivity index (χ0n) is 12.2. The second kappa shape index (κ2) is 5.91. The van der Waals surface area contributed by atoms with Gasteiger partial charge in [0.05, 0.1) is 23.3 Å². The van der Waals surface area contributed by atoms with Crippen molar-refractivity contribution in [1.29, 1.82) is 0 Å². The lowest BCUT2D eigenvalue weighted by Crippen LogP contribution is -2.14. The zero-order valence-corrected chi connectivity index (χ0v) is 12.9. The Morgan fingerprint density at radius 2 is 2.14 bits per heavy atom. The molecule has 1 unspecified atom stereocenters. The second-order valence-electron chi connectivity index (χ2n) is 5.19. The Balaban J connectivity index is 2.24. The summed E-state index contributed by atoms with van der Waals surface area (Å²) in [6.07, 6.45) is 4.27. The number of hydrogen-bond donors (Lipinski definition) is 1. The number of nitrogens with zero attached hydrogens (tertiary/aromatic N) is 2. The first-order valence-corrected chi connectivity index (χ1v) is 7.50. The van der Waals surface area contributed by atoms with E-state index in [4.69, 9.17) is 17.3 Å². The van der Waals surface area contributed by atoms with Crippen LogP contribution < -0.4 is 11.2 Å². The van der Waals surface area contributed by atoms with Gasteiger partial charge in [-0.25, -0.2) is 4.98 Å². The van der Waals surface area contributed by atoms with Crippen LogP contribution in [0.2, 0.25) is 5.02 Å². The van der Waals surface area contributed by atoms with E-state index < -0.39 is 0 Å². The Bertz CT molecular complexity index is 843. The third-order valence-corrected chi connectivity index (χ3v) is 3.98. The zero-order chi connectivity index (χ0) is 15.7. The van der Waals surface area contributed by atoms with Gasteiger partial charge in [0.1, 0.15) is 0 Å². The van der Waals surface area contributed by atoms with E-state index in [-0.39, 0.29) is 11.5 Å². The summed E-state index contributed by atoms with van der Waals surface area (Å²) in [5.74, 6) is 0. The predicted molar refractivity (Wildman–Crippen MR) is 88.7 cm³/mol. The van der Waals surface area contributed by atoms with E-state index >= 15 is 0 Å². The molecule has 3 rings (SSSR count).